The summed E-state index contributed by atoms with van der Waals surface area (Å²) in [7, 11) is 0. The number of rotatable bonds is 6. The van der Waals surface area contributed by atoms with Gasteiger partial charge in [0, 0.05) is 18.7 Å². The van der Waals surface area contributed by atoms with Crippen molar-refractivity contribution in [3.05, 3.63) is 35.6 Å². The van der Waals surface area contributed by atoms with Crippen molar-refractivity contribution in [2.24, 2.45) is 5.73 Å². The van der Waals surface area contributed by atoms with Gasteiger partial charge in [0.2, 0.25) is 0 Å². The molecule has 0 heterocycles. The third-order valence-corrected chi connectivity index (χ3v) is 2.48. The van der Waals surface area contributed by atoms with Crippen LogP contribution in [0.25, 0.3) is 0 Å². The van der Waals surface area contributed by atoms with Crippen LogP contribution in [0.1, 0.15) is 30.1 Å². The van der Waals surface area contributed by atoms with Gasteiger partial charge in [-0.3, -0.25) is 4.79 Å². The van der Waals surface area contributed by atoms with E-state index in [2.05, 4.69) is 0 Å². The number of hydrogen-bond donors (Lipinski definition) is 1. The molecule has 1 amide bonds. The third-order valence-electron chi connectivity index (χ3n) is 2.48. The lowest BCUT2D eigenvalue weighted by atomic mass is 10.2. The molecule has 0 unspecified atom stereocenters. The maximum atomic E-state index is 13.0. The maximum Gasteiger partial charge on any atom is 0.253 e. The van der Waals surface area contributed by atoms with E-state index in [-0.39, 0.29) is 11.7 Å². The Morgan fingerprint density at radius 3 is 2.76 bits per heavy atom. The van der Waals surface area contributed by atoms with E-state index in [0.717, 1.165) is 12.8 Å². The van der Waals surface area contributed by atoms with Crippen LogP contribution in [0.3, 0.4) is 0 Å². The molecule has 0 bridgehead atoms. The molecule has 0 atom stereocenters. The second-order valence-electron chi connectivity index (χ2n) is 3.94. The molecular formula is C13H19FN2O. The minimum absolute atomic E-state index is 0.125. The Kier molecular flexibility index (Phi) is 5.63. The van der Waals surface area contributed by atoms with E-state index in [1.165, 1.54) is 12.1 Å². The van der Waals surface area contributed by atoms with Gasteiger partial charge in [-0.05, 0) is 37.6 Å². The number of hydrogen-bond acceptors (Lipinski definition) is 2. The lowest BCUT2D eigenvalue weighted by Crippen LogP contribution is -2.33. The van der Waals surface area contributed by atoms with E-state index in [1.807, 2.05) is 6.92 Å². The standard InChI is InChI=1S/C13H19FN2O/c1-2-8-16(9-4-7-15)13(17)11-5-3-6-12(14)10-11/h3,5-6,10H,2,4,7-9,15H2,1H3. The second-order valence-corrected chi connectivity index (χ2v) is 3.94. The lowest BCUT2D eigenvalue weighted by Gasteiger charge is -2.21. The van der Waals surface area contributed by atoms with Gasteiger partial charge < -0.3 is 10.6 Å². The zero-order valence-electron chi connectivity index (χ0n) is 10.2. The SMILES string of the molecule is CCCN(CCCN)C(=O)c1cccc(F)c1. The predicted molar refractivity (Wildman–Crippen MR) is 66.3 cm³/mol. The summed E-state index contributed by atoms with van der Waals surface area (Å²) in [5.41, 5.74) is 5.84. The van der Waals surface area contributed by atoms with Crippen molar-refractivity contribution < 1.29 is 9.18 Å². The number of amides is 1. The van der Waals surface area contributed by atoms with E-state index < -0.39 is 0 Å². The summed E-state index contributed by atoms with van der Waals surface area (Å²) in [6.07, 6.45) is 1.65. The molecule has 0 spiro atoms. The first-order chi connectivity index (χ1) is 8.19. The normalized spacial score (nSPS) is 10.3. The number of halogens is 1. The molecule has 94 valence electrons. The van der Waals surface area contributed by atoms with Gasteiger partial charge in [-0.15, -0.1) is 0 Å². The molecule has 1 aromatic carbocycles. The highest BCUT2D eigenvalue weighted by molar-refractivity contribution is 5.94. The van der Waals surface area contributed by atoms with Crippen molar-refractivity contribution in [3.8, 4) is 0 Å². The largest absolute Gasteiger partial charge is 0.339 e. The van der Waals surface area contributed by atoms with Crippen LogP contribution in [0.4, 0.5) is 4.39 Å². The van der Waals surface area contributed by atoms with Gasteiger partial charge in [0.1, 0.15) is 5.82 Å². The molecular weight excluding hydrogens is 219 g/mol. The van der Waals surface area contributed by atoms with Crippen LogP contribution >= 0.6 is 0 Å². The number of nitrogens with two attached hydrogens (primary N) is 1. The van der Waals surface area contributed by atoms with Gasteiger partial charge >= 0.3 is 0 Å². The molecule has 0 fully saturated rings. The zero-order valence-corrected chi connectivity index (χ0v) is 10.2. The number of benzene rings is 1. The van der Waals surface area contributed by atoms with Crippen molar-refractivity contribution >= 4 is 5.91 Å². The molecule has 1 aromatic rings. The molecule has 0 aliphatic heterocycles. The quantitative estimate of drug-likeness (QED) is 0.824. The molecule has 2 N–H and O–H groups in total. The Balaban J connectivity index is 2.76. The Labute approximate surface area is 101 Å². The first-order valence-corrected chi connectivity index (χ1v) is 5.94. The highest BCUT2D eigenvalue weighted by Crippen LogP contribution is 2.08. The van der Waals surface area contributed by atoms with Crippen molar-refractivity contribution in [2.75, 3.05) is 19.6 Å². The molecule has 1 rings (SSSR count). The van der Waals surface area contributed by atoms with E-state index in [0.29, 0.717) is 25.2 Å². The summed E-state index contributed by atoms with van der Waals surface area (Å²) in [6, 6.07) is 5.79. The maximum absolute atomic E-state index is 13.0. The molecule has 0 aliphatic rings. The van der Waals surface area contributed by atoms with Gasteiger partial charge in [0.25, 0.3) is 5.91 Å². The van der Waals surface area contributed by atoms with E-state index in [9.17, 15) is 9.18 Å². The van der Waals surface area contributed by atoms with Gasteiger partial charge in [-0.1, -0.05) is 13.0 Å². The lowest BCUT2D eigenvalue weighted by molar-refractivity contribution is 0.0754. The van der Waals surface area contributed by atoms with E-state index >= 15 is 0 Å². The first-order valence-electron chi connectivity index (χ1n) is 5.94. The summed E-state index contributed by atoms with van der Waals surface area (Å²) in [5, 5.41) is 0. The minimum Gasteiger partial charge on any atom is -0.339 e. The van der Waals surface area contributed by atoms with Crippen molar-refractivity contribution in [2.45, 2.75) is 19.8 Å². The van der Waals surface area contributed by atoms with E-state index in [4.69, 9.17) is 5.73 Å². The highest BCUT2D eigenvalue weighted by atomic mass is 19.1. The molecule has 4 heteroatoms. The smallest absolute Gasteiger partial charge is 0.253 e. The summed E-state index contributed by atoms with van der Waals surface area (Å²) in [4.78, 5) is 13.8. The van der Waals surface area contributed by atoms with Crippen LogP contribution in [0, 0.1) is 5.82 Å². The van der Waals surface area contributed by atoms with Gasteiger partial charge in [0.05, 0.1) is 0 Å². The molecule has 0 saturated carbocycles. The summed E-state index contributed by atoms with van der Waals surface area (Å²) in [6.45, 7) is 3.86. The Hall–Kier alpha value is -1.42. The average molecular weight is 238 g/mol. The number of carbonyl (C=O) groups excluding carboxylic acids is 1. The molecule has 17 heavy (non-hydrogen) atoms. The van der Waals surface area contributed by atoms with Gasteiger partial charge in [0.15, 0.2) is 0 Å². The monoisotopic (exact) mass is 238 g/mol. The van der Waals surface area contributed by atoms with E-state index in [1.54, 1.807) is 17.0 Å². The van der Waals surface area contributed by atoms with Crippen molar-refractivity contribution in [1.82, 2.24) is 4.90 Å². The van der Waals surface area contributed by atoms with Crippen LogP contribution < -0.4 is 5.73 Å². The Bertz CT molecular complexity index is 368. The Morgan fingerprint density at radius 1 is 1.41 bits per heavy atom. The zero-order chi connectivity index (χ0) is 12.7. The second kappa shape index (κ2) is 7.01. The molecule has 0 aromatic heterocycles. The summed E-state index contributed by atoms with van der Waals surface area (Å²) < 4.78 is 13.0. The van der Waals surface area contributed by atoms with Crippen LogP contribution in [0.2, 0.25) is 0 Å². The molecule has 0 saturated heterocycles. The highest BCUT2D eigenvalue weighted by Gasteiger charge is 2.14. The van der Waals surface area contributed by atoms with Gasteiger partial charge in [-0.25, -0.2) is 4.39 Å². The fourth-order valence-corrected chi connectivity index (χ4v) is 1.67. The minimum atomic E-state index is -0.383. The van der Waals surface area contributed by atoms with Crippen LogP contribution in [-0.4, -0.2) is 30.4 Å². The topological polar surface area (TPSA) is 46.3 Å². The van der Waals surface area contributed by atoms with Crippen LogP contribution in [-0.2, 0) is 0 Å². The third kappa shape index (κ3) is 4.15. The number of carbonyl (C=O) groups is 1. The van der Waals surface area contributed by atoms with Crippen LogP contribution in [0.15, 0.2) is 24.3 Å². The van der Waals surface area contributed by atoms with Crippen LogP contribution in [0.5, 0.6) is 0 Å². The first kappa shape index (κ1) is 13.6. The fourth-order valence-electron chi connectivity index (χ4n) is 1.67. The summed E-state index contributed by atoms with van der Waals surface area (Å²) in [5.74, 6) is -0.508. The average Bonchev–Trinajstić information content (AvgIpc) is 2.33. The predicted octanol–water partition coefficient (Wildman–Crippen LogP) is 2.03. The molecule has 0 aliphatic carbocycles. The van der Waals surface area contributed by atoms with Crippen molar-refractivity contribution in [3.63, 3.8) is 0 Å². The molecule has 0 radical (unpaired) electrons. The van der Waals surface area contributed by atoms with Gasteiger partial charge in [-0.2, -0.15) is 0 Å². The fraction of sp³-hybridized carbons (Fsp3) is 0.462. The molecule has 3 nitrogen and oxygen atoms in total. The summed E-state index contributed by atoms with van der Waals surface area (Å²) >= 11 is 0. The Morgan fingerprint density at radius 2 is 2.18 bits per heavy atom. The van der Waals surface area contributed by atoms with Crippen molar-refractivity contribution in [1.29, 1.82) is 0 Å². The number of nitrogens with zero attached hydrogens (tertiary/aromatic N) is 1.